The number of carboxylic acid groups (broad SMARTS) is 1. The molecule has 1 saturated heterocycles. The molecule has 0 aromatic heterocycles. The van der Waals surface area contributed by atoms with Crippen LogP contribution in [0.25, 0.3) is 0 Å². The van der Waals surface area contributed by atoms with E-state index in [0.717, 1.165) is 18.4 Å². The summed E-state index contributed by atoms with van der Waals surface area (Å²) < 4.78 is 0. The molecule has 0 unspecified atom stereocenters. The fraction of sp³-hybridized carbons (Fsp3) is 0.526. The number of hydrogen-bond acceptors (Lipinski definition) is 3. The minimum absolute atomic E-state index is 0.102. The molecule has 126 valence electrons. The minimum atomic E-state index is -0.937. The Labute approximate surface area is 141 Å². The van der Waals surface area contributed by atoms with Gasteiger partial charge in [0.15, 0.2) is 0 Å². The topological polar surface area (TPSA) is 81.4 Å². The molecule has 1 amide bonds. The summed E-state index contributed by atoms with van der Waals surface area (Å²) in [7, 11) is 0. The number of carboxylic acids is 1. The van der Waals surface area contributed by atoms with Crippen molar-refractivity contribution in [2.45, 2.75) is 43.9 Å². The number of nitrogens with zero attached hydrogens (tertiary/aromatic N) is 2. The number of likely N-dealkylation sites (tertiary alicyclic amines) is 1. The number of aliphatic carboxylic acids is 1. The van der Waals surface area contributed by atoms with Crippen LogP contribution in [-0.4, -0.2) is 35.0 Å². The predicted octanol–water partition coefficient (Wildman–Crippen LogP) is 2.72. The molecule has 0 bridgehead atoms. The fourth-order valence-corrected chi connectivity index (χ4v) is 4.13. The second-order valence-electron chi connectivity index (χ2n) is 6.95. The van der Waals surface area contributed by atoms with Crippen molar-refractivity contribution in [3.8, 4) is 6.07 Å². The lowest BCUT2D eigenvalue weighted by Crippen LogP contribution is -2.52. The van der Waals surface area contributed by atoms with Crippen molar-refractivity contribution in [3.05, 3.63) is 35.9 Å². The van der Waals surface area contributed by atoms with Crippen molar-refractivity contribution in [2.24, 2.45) is 5.41 Å². The largest absolute Gasteiger partial charge is 0.481 e. The highest BCUT2D eigenvalue weighted by Crippen LogP contribution is 2.42. The first-order chi connectivity index (χ1) is 11.5. The highest BCUT2D eigenvalue weighted by molar-refractivity contribution is 5.87. The minimum Gasteiger partial charge on any atom is -0.481 e. The van der Waals surface area contributed by atoms with Gasteiger partial charge in [-0.1, -0.05) is 43.2 Å². The van der Waals surface area contributed by atoms with Gasteiger partial charge in [0, 0.05) is 13.1 Å². The zero-order chi connectivity index (χ0) is 17.2. The summed E-state index contributed by atoms with van der Waals surface area (Å²) in [6.45, 7) is 0.785. The molecule has 1 aliphatic carbocycles. The lowest BCUT2D eigenvalue weighted by atomic mass is 9.72. The molecule has 1 aliphatic heterocycles. The number of hydrogen-bond donors (Lipinski definition) is 1. The summed E-state index contributed by atoms with van der Waals surface area (Å²) in [5, 5.41) is 19.3. The van der Waals surface area contributed by atoms with Gasteiger partial charge in [0.05, 0.1) is 11.5 Å². The number of amides is 1. The highest BCUT2D eigenvalue weighted by atomic mass is 16.4. The Morgan fingerprint density at radius 2 is 1.62 bits per heavy atom. The van der Waals surface area contributed by atoms with E-state index in [-0.39, 0.29) is 5.91 Å². The molecule has 5 heteroatoms. The molecule has 0 atom stereocenters. The van der Waals surface area contributed by atoms with Gasteiger partial charge in [0.2, 0.25) is 5.91 Å². The van der Waals surface area contributed by atoms with Gasteiger partial charge in [-0.15, -0.1) is 0 Å². The average molecular weight is 326 g/mol. The van der Waals surface area contributed by atoms with E-state index in [2.05, 4.69) is 6.07 Å². The first kappa shape index (κ1) is 16.5. The molecular formula is C19H22N2O3. The molecule has 0 radical (unpaired) electrons. The quantitative estimate of drug-likeness (QED) is 0.926. The van der Waals surface area contributed by atoms with Crippen LogP contribution in [0.5, 0.6) is 0 Å². The van der Waals surface area contributed by atoms with Crippen LogP contribution < -0.4 is 0 Å². The number of nitriles is 1. The zero-order valence-corrected chi connectivity index (χ0v) is 13.7. The van der Waals surface area contributed by atoms with E-state index in [4.69, 9.17) is 0 Å². The molecule has 1 heterocycles. The third-order valence-electron chi connectivity index (χ3n) is 5.72. The molecule has 1 saturated carbocycles. The van der Waals surface area contributed by atoms with Crippen LogP contribution in [0.4, 0.5) is 0 Å². The molecule has 24 heavy (non-hydrogen) atoms. The van der Waals surface area contributed by atoms with Gasteiger partial charge in [-0.25, -0.2) is 0 Å². The van der Waals surface area contributed by atoms with Crippen LogP contribution in [0, 0.1) is 16.7 Å². The van der Waals surface area contributed by atoms with Crippen molar-refractivity contribution < 1.29 is 14.7 Å². The van der Waals surface area contributed by atoms with E-state index in [1.165, 1.54) is 0 Å². The van der Waals surface area contributed by atoms with Crippen molar-refractivity contribution in [1.82, 2.24) is 4.90 Å². The maximum atomic E-state index is 12.8. The molecular weight excluding hydrogens is 304 g/mol. The molecule has 1 N–H and O–H groups in total. The van der Waals surface area contributed by atoms with Gasteiger partial charge < -0.3 is 10.0 Å². The molecule has 2 aliphatic rings. The van der Waals surface area contributed by atoms with Gasteiger partial charge in [-0.05, 0) is 31.2 Å². The van der Waals surface area contributed by atoms with Crippen molar-refractivity contribution in [1.29, 1.82) is 5.26 Å². The van der Waals surface area contributed by atoms with E-state index in [9.17, 15) is 20.0 Å². The van der Waals surface area contributed by atoms with Gasteiger partial charge in [-0.2, -0.15) is 5.26 Å². The van der Waals surface area contributed by atoms with Gasteiger partial charge in [-0.3, -0.25) is 9.59 Å². The van der Waals surface area contributed by atoms with Crippen LogP contribution in [0.15, 0.2) is 30.3 Å². The maximum Gasteiger partial charge on any atom is 0.314 e. The molecule has 5 nitrogen and oxygen atoms in total. The summed E-state index contributed by atoms with van der Waals surface area (Å²) >= 11 is 0. The predicted molar refractivity (Wildman–Crippen MR) is 88.1 cm³/mol. The van der Waals surface area contributed by atoms with Crippen molar-refractivity contribution in [3.63, 3.8) is 0 Å². The van der Waals surface area contributed by atoms with Crippen LogP contribution in [0.1, 0.15) is 44.1 Å². The number of benzene rings is 1. The fourth-order valence-electron chi connectivity index (χ4n) is 4.13. The number of rotatable bonds is 3. The summed E-state index contributed by atoms with van der Waals surface area (Å²) in [4.78, 5) is 26.5. The van der Waals surface area contributed by atoms with E-state index >= 15 is 0 Å². The molecule has 1 aromatic carbocycles. The Morgan fingerprint density at radius 3 is 2.12 bits per heavy atom. The second-order valence-corrected chi connectivity index (χ2v) is 6.95. The normalized spacial score (nSPS) is 21.9. The first-order valence-electron chi connectivity index (χ1n) is 8.54. The Bertz CT molecular complexity index is 664. The SMILES string of the molecule is N#CC1(C(=O)N2CCC(C(=O)O)(c3ccccc3)CC2)CCCC1. The number of carbonyl (C=O) groups is 2. The summed E-state index contributed by atoms with van der Waals surface area (Å²) in [5.74, 6) is -0.939. The average Bonchev–Trinajstić information content (AvgIpc) is 3.12. The highest BCUT2D eigenvalue weighted by Gasteiger charge is 2.48. The smallest absolute Gasteiger partial charge is 0.314 e. The zero-order valence-electron chi connectivity index (χ0n) is 13.7. The van der Waals surface area contributed by atoms with E-state index in [0.29, 0.717) is 38.8 Å². The van der Waals surface area contributed by atoms with Crippen molar-refractivity contribution >= 4 is 11.9 Å². The third-order valence-corrected chi connectivity index (χ3v) is 5.72. The molecule has 0 spiro atoms. The first-order valence-corrected chi connectivity index (χ1v) is 8.54. The second kappa shape index (κ2) is 6.27. The Hall–Kier alpha value is -2.35. The Morgan fingerprint density at radius 1 is 1.04 bits per heavy atom. The maximum absolute atomic E-state index is 12.8. The van der Waals surface area contributed by atoms with Gasteiger partial charge >= 0.3 is 5.97 Å². The molecule has 2 fully saturated rings. The van der Waals surface area contributed by atoms with Crippen LogP contribution in [0.3, 0.4) is 0 Å². The van der Waals surface area contributed by atoms with Crippen molar-refractivity contribution in [2.75, 3.05) is 13.1 Å². The van der Waals surface area contributed by atoms with Gasteiger partial charge in [0.25, 0.3) is 0 Å². The van der Waals surface area contributed by atoms with Crippen LogP contribution in [0.2, 0.25) is 0 Å². The molecule has 1 aromatic rings. The molecule has 3 rings (SSSR count). The van der Waals surface area contributed by atoms with Gasteiger partial charge in [0.1, 0.15) is 5.41 Å². The van der Waals surface area contributed by atoms with E-state index < -0.39 is 16.8 Å². The Balaban J connectivity index is 1.78. The lowest BCUT2D eigenvalue weighted by molar-refractivity contribution is -0.150. The Kier molecular flexibility index (Phi) is 4.31. The number of carbonyl (C=O) groups excluding carboxylic acids is 1. The van der Waals surface area contributed by atoms with Crippen LogP contribution >= 0.6 is 0 Å². The van der Waals surface area contributed by atoms with Crippen LogP contribution in [-0.2, 0) is 15.0 Å². The summed E-state index contributed by atoms with van der Waals surface area (Å²) in [5.41, 5.74) is -1.02. The summed E-state index contributed by atoms with van der Waals surface area (Å²) in [6.07, 6.45) is 3.86. The monoisotopic (exact) mass is 326 g/mol. The van der Waals surface area contributed by atoms with E-state index in [1.807, 2.05) is 30.3 Å². The number of piperidine rings is 1. The summed E-state index contributed by atoms with van der Waals surface area (Å²) in [6, 6.07) is 11.5. The van der Waals surface area contributed by atoms with E-state index in [1.54, 1.807) is 4.90 Å². The third kappa shape index (κ3) is 2.56. The lowest BCUT2D eigenvalue weighted by Gasteiger charge is -2.41. The standard InChI is InChI=1S/C19H22N2O3/c20-14-18(8-4-5-9-18)16(22)21-12-10-19(11-13-21,17(23)24)15-6-2-1-3-7-15/h1-3,6-7H,4-5,8-13H2,(H,23,24).